The van der Waals surface area contributed by atoms with Gasteiger partial charge in [-0.05, 0) is 12.2 Å². The molecule has 0 aliphatic rings. The minimum Gasteiger partial charge on any atom is -0.481 e. The highest BCUT2D eigenvalue weighted by atomic mass is 32.2. The molecule has 0 aromatic heterocycles. The molecule has 4 nitrogen and oxygen atoms in total. The van der Waals surface area contributed by atoms with Crippen LogP contribution in [-0.2, 0) is 9.59 Å². The minimum atomic E-state index is -0.823. The van der Waals surface area contributed by atoms with Crippen molar-refractivity contribution in [3.63, 3.8) is 0 Å². The first-order valence-electron chi connectivity index (χ1n) is 4.53. The molecule has 0 fully saturated rings. The summed E-state index contributed by atoms with van der Waals surface area (Å²) in [6, 6.07) is 0. The fraction of sp³-hybridized carbons (Fsp3) is 0.778. The van der Waals surface area contributed by atoms with E-state index in [4.69, 9.17) is 5.11 Å². The lowest BCUT2D eigenvalue weighted by atomic mass is 10.1. The second kappa shape index (κ2) is 7.67. The van der Waals surface area contributed by atoms with Gasteiger partial charge in [0.1, 0.15) is 0 Å². The van der Waals surface area contributed by atoms with Gasteiger partial charge in [-0.1, -0.05) is 6.92 Å². The van der Waals surface area contributed by atoms with Crippen molar-refractivity contribution in [2.45, 2.75) is 19.8 Å². The predicted molar refractivity (Wildman–Crippen MR) is 57.4 cm³/mol. The van der Waals surface area contributed by atoms with Crippen LogP contribution in [0.5, 0.6) is 0 Å². The van der Waals surface area contributed by atoms with E-state index in [-0.39, 0.29) is 18.2 Å². The molecule has 1 atom stereocenters. The summed E-state index contributed by atoms with van der Waals surface area (Å²) in [6.45, 7) is 2.25. The number of nitrogens with one attached hydrogen (secondary N) is 1. The van der Waals surface area contributed by atoms with Gasteiger partial charge in [-0.2, -0.15) is 11.8 Å². The Morgan fingerprint density at radius 1 is 1.50 bits per heavy atom. The lowest BCUT2D eigenvalue weighted by molar-refractivity contribution is -0.138. The predicted octanol–water partition coefficient (Wildman–Crippen LogP) is 0.966. The van der Waals surface area contributed by atoms with Crippen molar-refractivity contribution in [2.75, 3.05) is 18.6 Å². The van der Waals surface area contributed by atoms with Crippen LogP contribution in [0.1, 0.15) is 19.8 Å². The van der Waals surface area contributed by atoms with Gasteiger partial charge in [0.15, 0.2) is 0 Å². The van der Waals surface area contributed by atoms with E-state index in [1.54, 1.807) is 11.8 Å². The van der Waals surface area contributed by atoms with Gasteiger partial charge in [-0.15, -0.1) is 0 Å². The van der Waals surface area contributed by atoms with Crippen LogP contribution >= 0.6 is 11.8 Å². The zero-order valence-electron chi connectivity index (χ0n) is 8.58. The molecular weight excluding hydrogens is 202 g/mol. The van der Waals surface area contributed by atoms with E-state index in [9.17, 15) is 9.59 Å². The number of hydrogen-bond acceptors (Lipinski definition) is 3. The summed E-state index contributed by atoms with van der Waals surface area (Å²) in [5.74, 6) is -0.0303. The van der Waals surface area contributed by atoms with Crippen LogP contribution in [0.25, 0.3) is 0 Å². The monoisotopic (exact) mass is 219 g/mol. The molecule has 2 N–H and O–H groups in total. The lowest BCUT2D eigenvalue weighted by Crippen LogP contribution is -2.29. The molecule has 82 valence electrons. The van der Waals surface area contributed by atoms with Crippen LogP contribution in [0.2, 0.25) is 0 Å². The number of thioether (sulfide) groups is 1. The Bertz CT molecular complexity index is 196. The molecule has 0 bridgehead atoms. The standard InChI is InChI=1S/C9H17NO3S/c1-7(5-9(12)13)6-10-8(11)3-4-14-2/h7H,3-6H2,1-2H3,(H,10,11)(H,12,13). The Balaban J connectivity index is 3.50. The molecule has 0 spiro atoms. The van der Waals surface area contributed by atoms with Crippen LogP contribution in [0.4, 0.5) is 0 Å². The van der Waals surface area contributed by atoms with Crippen molar-refractivity contribution < 1.29 is 14.7 Å². The van der Waals surface area contributed by atoms with Crippen LogP contribution in [0.15, 0.2) is 0 Å². The molecule has 1 unspecified atom stereocenters. The summed E-state index contributed by atoms with van der Waals surface area (Å²) in [5, 5.41) is 11.2. The van der Waals surface area contributed by atoms with Crippen LogP contribution in [0, 0.1) is 5.92 Å². The molecule has 0 heterocycles. The molecule has 0 rings (SSSR count). The van der Waals surface area contributed by atoms with Crippen molar-refractivity contribution in [3.8, 4) is 0 Å². The third kappa shape index (κ3) is 7.91. The molecule has 5 heteroatoms. The Kier molecular flexibility index (Phi) is 7.28. The maximum absolute atomic E-state index is 11.1. The number of carboxylic acid groups (broad SMARTS) is 1. The Labute approximate surface area is 88.4 Å². The number of carboxylic acids is 1. The first-order valence-corrected chi connectivity index (χ1v) is 5.93. The van der Waals surface area contributed by atoms with E-state index in [1.807, 2.05) is 13.2 Å². The Morgan fingerprint density at radius 3 is 2.64 bits per heavy atom. The zero-order valence-corrected chi connectivity index (χ0v) is 9.39. The van der Waals surface area contributed by atoms with Crippen LogP contribution in [-0.4, -0.2) is 35.5 Å². The molecule has 1 amide bonds. The third-order valence-electron chi connectivity index (χ3n) is 1.70. The molecule has 0 aliphatic heterocycles. The fourth-order valence-electron chi connectivity index (χ4n) is 0.941. The van der Waals surface area contributed by atoms with Crippen LogP contribution < -0.4 is 5.32 Å². The summed E-state index contributed by atoms with van der Waals surface area (Å²) in [4.78, 5) is 21.4. The van der Waals surface area contributed by atoms with E-state index >= 15 is 0 Å². The Hall–Kier alpha value is -0.710. The van der Waals surface area contributed by atoms with Gasteiger partial charge in [0.2, 0.25) is 5.91 Å². The highest BCUT2D eigenvalue weighted by molar-refractivity contribution is 7.98. The molecule has 0 aromatic rings. The molecule has 0 radical (unpaired) electrons. The smallest absolute Gasteiger partial charge is 0.303 e. The van der Waals surface area contributed by atoms with E-state index in [2.05, 4.69) is 5.32 Å². The first kappa shape index (κ1) is 13.3. The molecular formula is C9H17NO3S. The largest absolute Gasteiger partial charge is 0.481 e. The topological polar surface area (TPSA) is 66.4 Å². The van der Waals surface area contributed by atoms with Gasteiger partial charge in [0, 0.05) is 25.1 Å². The summed E-state index contributed by atoms with van der Waals surface area (Å²) >= 11 is 1.62. The molecule has 0 saturated carbocycles. The lowest BCUT2D eigenvalue weighted by Gasteiger charge is -2.09. The number of amides is 1. The minimum absolute atomic E-state index is 0.00316. The van der Waals surface area contributed by atoms with Gasteiger partial charge in [-0.25, -0.2) is 0 Å². The Morgan fingerprint density at radius 2 is 2.14 bits per heavy atom. The highest BCUT2D eigenvalue weighted by Crippen LogP contribution is 2.00. The average Bonchev–Trinajstić information content (AvgIpc) is 2.10. The maximum atomic E-state index is 11.1. The van der Waals surface area contributed by atoms with E-state index in [0.29, 0.717) is 13.0 Å². The van der Waals surface area contributed by atoms with Crippen molar-refractivity contribution in [1.82, 2.24) is 5.32 Å². The van der Waals surface area contributed by atoms with Crippen molar-refractivity contribution in [3.05, 3.63) is 0 Å². The van der Waals surface area contributed by atoms with E-state index in [1.165, 1.54) is 0 Å². The summed E-state index contributed by atoms with van der Waals surface area (Å²) < 4.78 is 0. The summed E-state index contributed by atoms with van der Waals surface area (Å²) in [6.07, 6.45) is 2.55. The number of hydrogen-bond donors (Lipinski definition) is 2. The van der Waals surface area contributed by atoms with Crippen molar-refractivity contribution >= 4 is 23.6 Å². The van der Waals surface area contributed by atoms with Gasteiger partial charge < -0.3 is 10.4 Å². The van der Waals surface area contributed by atoms with Gasteiger partial charge >= 0.3 is 5.97 Å². The quantitative estimate of drug-likeness (QED) is 0.669. The first-order chi connectivity index (χ1) is 6.56. The van der Waals surface area contributed by atoms with Crippen molar-refractivity contribution in [2.24, 2.45) is 5.92 Å². The molecule has 0 saturated heterocycles. The fourth-order valence-corrected chi connectivity index (χ4v) is 1.33. The van der Waals surface area contributed by atoms with Gasteiger partial charge in [0.05, 0.1) is 0 Å². The maximum Gasteiger partial charge on any atom is 0.303 e. The van der Waals surface area contributed by atoms with E-state index < -0.39 is 5.97 Å². The normalized spacial score (nSPS) is 12.1. The average molecular weight is 219 g/mol. The van der Waals surface area contributed by atoms with E-state index in [0.717, 1.165) is 5.75 Å². The van der Waals surface area contributed by atoms with Gasteiger partial charge in [0.25, 0.3) is 0 Å². The zero-order chi connectivity index (χ0) is 11.0. The second-order valence-electron chi connectivity index (χ2n) is 3.25. The van der Waals surface area contributed by atoms with Crippen LogP contribution in [0.3, 0.4) is 0 Å². The molecule has 14 heavy (non-hydrogen) atoms. The third-order valence-corrected chi connectivity index (χ3v) is 2.32. The summed E-state index contributed by atoms with van der Waals surface area (Å²) in [5.41, 5.74) is 0. The second-order valence-corrected chi connectivity index (χ2v) is 4.24. The number of carbonyl (C=O) groups excluding carboxylic acids is 1. The number of aliphatic carboxylic acids is 1. The SMILES string of the molecule is CSCCC(=O)NCC(C)CC(=O)O. The number of rotatable bonds is 7. The number of carbonyl (C=O) groups is 2. The molecule has 0 aliphatic carbocycles. The summed E-state index contributed by atoms with van der Waals surface area (Å²) in [7, 11) is 0. The van der Waals surface area contributed by atoms with Gasteiger partial charge in [-0.3, -0.25) is 9.59 Å². The highest BCUT2D eigenvalue weighted by Gasteiger charge is 2.08. The molecule has 0 aromatic carbocycles. The van der Waals surface area contributed by atoms with Crippen molar-refractivity contribution in [1.29, 1.82) is 0 Å².